The van der Waals surface area contributed by atoms with Gasteiger partial charge in [-0.2, -0.15) is 4.98 Å². The van der Waals surface area contributed by atoms with Crippen LogP contribution in [-0.2, 0) is 20.9 Å². The van der Waals surface area contributed by atoms with Gasteiger partial charge in [-0.05, 0) is 24.3 Å². The Balaban J connectivity index is 1.34. The van der Waals surface area contributed by atoms with E-state index < -0.39 is 10.8 Å². The van der Waals surface area contributed by atoms with Crippen LogP contribution in [0.1, 0.15) is 18.7 Å². The van der Waals surface area contributed by atoms with Gasteiger partial charge in [-0.1, -0.05) is 41.2 Å². The van der Waals surface area contributed by atoms with Crippen molar-refractivity contribution in [2.75, 3.05) is 12.0 Å². The number of methoxy groups -OCH3 is 1. The minimum atomic E-state index is -1.08. The van der Waals surface area contributed by atoms with Crippen LogP contribution in [0.25, 0.3) is 11.4 Å². The van der Waals surface area contributed by atoms with E-state index >= 15 is 0 Å². The summed E-state index contributed by atoms with van der Waals surface area (Å²) in [7, 11) is 1.56. The molecule has 3 heterocycles. The molecule has 2 aliphatic rings. The van der Waals surface area contributed by atoms with Crippen LogP contribution in [0.5, 0.6) is 5.75 Å². The second-order valence-electron chi connectivity index (χ2n) is 6.87. The third kappa shape index (κ3) is 2.85. The van der Waals surface area contributed by atoms with E-state index in [1.54, 1.807) is 18.1 Å². The molecule has 0 saturated carbocycles. The lowest BCUT2D eigenvalue weighted by Gasteiger charge is -2.28. The Morgan fingerprint density at radius 1 is 1.23 bits per heavy atom. The van der Waals surface area contributed by atoms with E-state index in [-0.39, 0.29) is 18.4 Å². The van der Waals surface area contributed by atoms with Crippen LogP contribution in [0, 0.1) is 0 Å². The van der Waals surface area contributed by atoms with Gasteiger partial charge in [0.1, 0.15) is 5.75 Å². The normalized spacial score (nSPS) is 19.5. The van der Waals surface area contributed by atoms with Gasteiger partial charge in [-0.25, -0.2) is 4.79 Å². The number of hydrogen-bond acceptors (Lipinski definition) is 8. The molecule has 0 radical (unpaired) electrons. The van der Waals surface area contributed by atoms with Crippen LogP contribution >= 0.6 is 11.8 Å². The number of carbonyl (C=O) groups is 2. The van der Waals surface area contributed by atoms with Crippen LogP contribution in [-0.4, -0.2) is 34.0 Å². The van der Waals surface area contributed by atoms with Crippen LogP contribution in [0.15, 0.2) is 57.9 Å². The van der Waals surface area contributed by atoms with Crippen molar-refractivity contribution < 1.29 is 23.6 Å². The topological polar surface area (TPSA) is 94.8 Å². The highest BCUT2D eigenvalue weighted by atomic mass is 32.2. The van der Waals surface area contributed by atoms with E-state index in [0.717, 1.165) is 10.6 Å². The molecule has 1 aromatic heterocycles. The van der Waals surface area contributed by atoms with Crippen molar-refractivity contribution in [2.45, 2.75) is 29.2 Å². The number of amides is 1. The van der Waals surface area contributed by atoms with Crippen LogP contribution in [0.4, 0.5) is 5.69 Å². The molecule has 9 heteroatoms. The number of anilines is 1. The predicted octanol–water partition coefficient (Wildman–Crippen LogP) is 3.42. The zero-order chi connectivity index (χ0) is 20.7. The first-order chi connectivity index (χ1) is 14.6. The number of carbonyl (C=O) groups excluding carboxylic acids is 2. The van der Waals surface area contributed by atoms with Crippen molar-refractivity contribution in [1.82, 2.24) is 10.1 Å². The van der Waals surface area contributed by atoms with Crippen molar-refractivity contribution in [1.29, 1.82) is 0 Å². The number of esters is 1. The highest BCUT2D eigenvalue weighted by Gasteiger charge is 2.58. The van der Waals surface area contributed by atoms with E-state index in [9.17, 15) is 9.59 Å². The lowest BCUT2D eigenvalue weighted by Crippen LogP contribution is -2.47. The van der Waals surface area contributed by atoms with Gasteiger partial charge in [-0.15, -0.1) is 0 Å². The molecule has 2 aliphatic heterocycles. The van der Waals surface area contributed by atoms with Gasteiger partial charge >= 0.3 is 5.97 Å². The van der Waals surface area contributed by atoms with E-state index in [4.69, 9.17) is 14.0 Å². The van der Waals surface area contributed by atoms with Crippen molar-refractivity contribution >= 4 is 29.3 Å². The summed E-state index contributed by atoms with van der Waals surface area (Å²) in [5.41, 5.74) is 1.42. The fourth-order valence-corrected chi connectivity index (χ4v) is 5.18. The summed E-state index contributed by atoms with van der Waals surface area (Å²) < 4.78 is 16.1. The average molecular weight is 423 g/mol. The molecule has 0 unspecified atom stereocenters. The van der Waals surface area contributed by atoms with Gasteiger partial charge in [0.15, 0.2) is 11.5 Å². The Kier molecular flexibility index (Phi) is 4.47. The Morgan fingerprint density at radius 2 is 2.03 bits per heavy atom. The summed E-state index contributed by atoms with van der Waals surface area (Å²) in [6.45, 7) is -0.179. The summed E-state index contributed by atoms with van der Waals surface area (Å²) in [6.07, 6.45) is 0.690. The van der Waals surface area contributed by atoms with E-state index in [1.165, 1.54) is 11.8 Å². The minimum Gasteiger partial charge on any atom is -0.496 e. The fraction of sp³-hybridized carbons (Fsp3) is 0.238. The summed E-state index contributed by atoms with van der Waals surface area (Å²) in [5.74, 6) is 0.544. The number of thioether (sulfide) groups is 1. The zero-order valence-electron chi connectivity index (χ0n) is 16.0. The summed E-state index contributed by atoms with van der Waals surface area (Å²) in [5, 5.41) is 3.95. The smallest absolute Gasteiger partial charge is 0.344 e. The highest BCUT2D eigenvalue weighted by molar-refractivity contribution is 8.02. The number of benzene rings is 2. The zero-order valence-corrected chi connectivity index (χ0v) is 16.8. The second-order valence-corrected chi connectivity index (χ2v) is 8.19. The molecule has 5 rings (SSSR count). The first-order valence-corrected chi connectivity index (χ1v) is 10.2. The van der Waals surface area contributed by atoms with E-state index in [0.29, 0.717) is 30.0 Å². The van der Waals surface area contributed by atoms with Crippen molar-refractivity contribution in [3.8, 4) is 17.1 Å². The molecule has 0 aliphatic carbocycles. The number of rotatable bonds is 5. The molecule has 0 bridgehead atoms. The largest absolute Gasteiger partial charge is 0.496 e. The number of fused-ring (bicyclic) bond motifs is 3. The first-order valence-electron chi connectivity index (χ1n) is 9.37. The third-order valence-electron chi connectivity index (χ3n) is 5.13. The quantitative estimate of drug-likeness (QED) is 0.576. The van der Waals surface area contributed by atoms with Crippen LogP contribution in [0.3, 0.4) is 0 Å². The molecule has 1 fully saturated rings. The SMILES string of the molecule is COc1ccccc1-c1noc(COC(=O)[C@]23CCC(=O)N2c2ccccc2S3)n1. The molecule has 2 aromatic carbocycles. The lowest BCUT2D eigenvalue weighted by molar-refractivity contribution is -0.148. The van der Waals surface area contributed by atoms with Crippen LogP contribution < -0.4 is 9.64 Å². The van der Waals surface area contributed by atoms with Crippen molar-refractivity contribution in [3.63, 3.8) is 0 Å². The number of aromatic nitrogens is 2. The minimum absolute atomic E-state index is 0.0827. The lowest BCUT2D eigenvalue weighted by atomic mass is 10.2. The van der Waals surface area contributed by atoms with Crippen molar-refractivity contribution in [3.05, 3.63) is 54.4 Å². The average Bonchev–Trinajstić information content (AvgIpc) is 3.46. The molecule has 8 nitrogen and oxygen atoms in total. The molecule has 152 valence electrons. The molecule has 0 spiro atoms. The standard InChI is InChI=1S/C21H17N3O5S/c1-27-15-8-4-2-6-13(15)19-22-17(29-23-19)12-28-20(26)21-11-10-18(25)24(21)14-7-3-5-9-16(14)30-21/h2-9H,10-12H2,1H3/t21-/m1/s1. The first kappa shape index (κ1) is 18.7. The van der Waals surface area contributed by atoms with Gasteiger partial charge in [-0.3, -0.25) is 9.69 Å². The second kappa shape index (κ2) is 7.17. The van der Waals surface area contributed by atoms with Crippen molar-refractivity contribution in [2.24, 2.45) is 0 Å². The number of hydrogen-bond donors (Lipinski definition) is 0. The molecule has 30 heavy (non-hydrogen) atoms. The van der Waals surface area contributed by atoms with Gasteiger partial charge in [0.2, 0.25) is 11.7 Å². The van der Waals surface area contributed by atoms with Gasteiger partial charge in [0, 0.05) is 17.7 Å². The van der Waals surface area contributed by atoms with E-state index in [1.807, 2.05) is 42.5 Å². The fourth-order valence-electron chi connectivity index (χ4n) is 3.76. The molecular weight excluding hydrogens is 406 g/mol. The van der Waals surface area contributed by atoms with Crippen LogP contribution in [0.2, 0.25) is 0 Å². The maximum Gasteiger partial charge on any atom is 0.344 e. The van der Waals surface area contributed by atoms with Gasteiger partial charge < -0.3 is 14.0 Å². The number of ether oxygens (including phenoxy) is 2. The Labute approximate surface area is 176 Å². The van der Waals surface area contributed by atoms with E-state index in [2.05, 4.69) is 10.1 Å². The molecule has 0 N–H and O–H groups in total. The monoisotopic (exact) mass is 423 g/mol. The summed E-state index contributed by atoms with van der Waals surface area (Å²) in [6, 6.07) is 14.8. The predicted molar refractivity (Wildman–Crippen MR) is 108 cm³/mol. The molecular formula is C21H17N3O5S. The Hall–Kier alpha value is -3.33. The maximum atomic E-state index is 13.1. The number of para-hydroxylation sites is 2. The number of nitrogens with zero attached hydrogens (tertiary/aromatic N) is 3. The molecule has 1 amide bonds. The maximum absolute atomic E-state index is 13.1. The highest BCUT2D eigenvalue weighted by Crippen LogP contribution is 2.56. The molecule has 1 saturated heterocycles. The molecule has 1 atom stereocenters. The van der Waals surface area contributed by atoms with Gasteiger partial charge in [0.25, 0.3) is 5.89 Å². The molecule has 3 aromatic rings. The van der Waals surface area contributed by atoms with Gasteiger partial charge in [0.05, 0.1) is 18.4 Å². The summed E-state index contributed by atoms with van der Waals surface area (Å²) in [4.78, 5) is 31.2. The summed E-state index contributed by atoms with van der Waals surface area (Å²) >= 11 is 1.36. The Bertz CT molecular complexity index is 1150. The Morgan fingerprint density at radius 3 is 2.90 bits per heavy atom. The third-order valence-corrected chi connectivity index (χ3v) is 6.59.